The topological polar surface area (TPSA) is 75.8 Å². The van der Waals surface area contributed by atoms with Crippen molar-refractivity contribution in [2.45, 2.75) is 25.2 Å². The Labute approximate surface area is 173 Å². The number of hydrogen-bond acceptors (Lipinski definition) is 4. The lowest BCUT2D eigenvalue weighted by Crippen LogP contribution is -2.41. The quantitative estimate of drug-likeness (QED) is 0.703. The van der Waals surface area contributed by atoms with E-state index in [0.717, 1.165) is 11.6 Å². The lowest BCUT2D eigenvalue weighted by Gasteiger charge is -2.24. The van der Waals surface area contributed by atoms with Crippen molar-refractivity contribution in [1.82, 2.24) is 4.90 Å². The molecule has 2 aromatic carbocycles. The van der Waals surface area contributed by atoms with Crippen molar-refractivity contribution in [3.8, 4) is 5.75 Å². The summed E-state index contributed by atoms with van der Waals surface area (Å²) in [5, 5.41) is 10.1. The van der Waals surface area contributed by atoms with Crippen molar-refractivity contribution in [1.29, 1.82) is 0 Å². The molecule has 0 aliphatic carbocycles. The Morgan fingerprint density at radius 1 is 1.17 bits per heavy atom. The molecule has 0 radical (unpaired) electrons. The van der Waals surface area contributed by atoms with E-state index in [1.807, 2.05) is 19.1 Å². The number of alkyl halides is 3. The molecule has 1 amide bonds. The van der Waals surface area contributed by atoms with Gasteiger partial charge in [-0.3, -0.25) is 4.79 Å². The van der Waals surface area contributed by atoms with E-state index in [-0.39, 0.29) is 24.7 Å². The zero-order valence-electron chi connectivity index (χ0n) is 16.0. The number of para-hydroxylation sites is 1. The van der Waals surface area contributed by atoms with Gasteiger partial charge in [-0.25, -0.2) is 0 Å². The lowest BCUT2D eigenvalue weighted by molar-refractivity contribution is -0.139. The summed E-state index contributed by atoms with van der Waals surface area (Å²) in [6, 6.07) is 11.0. The third kappa shape index (κ3) is 6.92. The van der Waals surface area contributed by atoms with E-state index in [4.69, 9.17) is 10.5 Å². The maximum Gasteiger partial charge on any atom is 0.419 e. The molecule has 2 unspecified atom stereocenters. The fourth-order valence-electron chi connectivity index (χ4n) is 2.63. The third-order valence-electron chi connectivity index (χ3n) is 4.19. The lowest BCUT2D eigenvalue weighted by atomic mass is 10.0. The second-order valence-corrected chi connectivity index (χ2v) is 6.57. The van der Waals surface area contributed by atoms with Gasteiger partial charge in [-0.1, -0.05) is 42.0 Å². The predicted octanol–water partition coefficient (Wildman–Crippen LogP) is 3.33. The van der Waals surface area contributed by atoms with Gasteiger partial charge in [-0.05, 0) is 24.6 Å². The van der Waals surface area contributed by atoms with Gasteiger partial charge in [0.15, 0.2) is 0 Å². The summed E-state index contributed by atoms with van der Waals surface area (Å²) in [5.74, 6) is -0.794. The number of aliphatic hydroxyl groups is 1. The van der Waals surface area contributed by atoms with Crippen LogP contribution in [0.2, 0.25) is 0 Å². The molecule has 0 saturated carbocycles. The van der Waals surface area contributed by atoms with Gasteiger partial charge < -0.3 is 20.5 Å². The molecule has 0 fully saturated rings. The summed E-state index contributed by atoms with van der Waals surface area (Å²) >= 11 is 0. The van der Waals surface area contributed by atoms with Crippen LogP contribution in [0.1, 0.15) is 22.7 Å². The number of ether oxygens (including phenoxy) is 1. The average molecular weight is 433 g/mol. The van der Waals surface area contributed by atoms with Crippen molar-refractivity contribution in [3.63, 3.8) is 0 Å². The van der Waals surface area contributed by atoms with Crippen LogP contribution < -0.4 is 10.5 Å². The summed E-state index contributed by atoms with van der Waals surface area (Å²) < 4.78 is 44.0. The number of nitrogens with zero attached hydrogens (tertiary/aromatic N) is 1. The number of hydrogen-bond donors (Lipinski definition) is 2. The molecule has 5 nitrogen and oxygen atoms in total. The molecule has 0 heterocycles. The Bertz CT molecular complexity index is 800. The highest BCUT2D eigenvalue weighted by atomic mass is 35.5. The first kappa shape index (κ1) is 24.7. The number of aliphatic hydroxyl groups excluding tert-OH is 1. The van der Waals surface area contributed by atoms with Gasteiger partial charge in [-0.2, -0.15) is 13.2 Å². The van der Waals surface area contributed by atoms with Crippen molar-refractivity contribution in [2.24, 2.45) is 5.73 Å². The first-order valence-electron chi connectivity index (χ1n) is 8.64. The summed E-state index contributed by atoms with van der Waals surface area (Å²) in [7, 11) is 1.46. The molecular weight excluding hydrogens is 409 g/mol. The van der Waals surface area contributed by atoms with Crippen LogP contribution in [0.4, 0.5) is 13.2 Å². The van der Waals surface area contributed by atoms with Crippen LogP contribution in [0.3, 0.4) is 0 Å². The minimum absolute atomic E-state index is 0. The van der Waals surface area contributed by atoms with Crippen LogP contribution in [0.5, 0.6) is 5.75 Å². The zero-order chi connectivity index (χ0) is 20.9. The van der Waals surface area contributed by atoms with Gasteiger partial charge in [0, 0.05) is 13.6 Å². The van der Waals surface area contributed by atoms with Gasteiger partial charge in [0.2, 0.25) is 5.91 Å². The maximum atomic E-state index is 13.0. The fraction of sp³-hybridized carbons (Fsp3) is 0.350. The Balaban J connectivity index is 0.00000420. The Morgan fingerprint density at radius 3 is 2.34 bits per heavy atom. The van der Waals surface area contributed by atoms with Crippen LogP contribution >= 0.6 is 12.4 Å². The third-order valence-corrected chi connectivity index (χ3v) is 4.19. The first-order chi connectivity index (χ1) is 13.1. The zero-order valence-corrected chi connectivity index (χ0v) is 16.8. The molecule has 0 bridgehead atoms. The Morgan fingerprint density at radius 2 is 1.76 bits per heavy atom. The highest BCUT2D eigenvalue weighted by Gasteiger charge is 2.34. The van der Waals surface area contributed by atoms with Crippen molar-refractivity contribution >= 4 is 18.3 Å². The van der Waals surface area contributed by atoms with Crippen LogP contribution in [-0.2, 0) is 11.0 Å². The molecule has 160 valence electrons. The van der Waals surface area contributed by atoms with E-state index < -0.39 is 36.4 Å². The molecule has 0 aliphatic heterocycles. The summed E-state index contributed by atoms with van der Waals surface area (Å²) in [4.78, 5) is 13.7. The normalized spacial score (nSPS) is 13.2. The number of benzene rings is 2. The molecule has 0 aliphatic rings. The largest absolute Gasteiger partial charge is 0.490 e. The van der Waals surface area contributed by atoms with Crippen molar-refractivity contribution in [3.05, 3.63) is 65.2 Å². The highest BCUT2D eigenvalue weighted by Crippen LogP contribution is 2.35. The molecule has 3 N–H and O–H groups in total. The van der Waals surface area contributed by atoms with E-state index in [2.05, 4.69) is 0 Å². The second-order valence-electron chi connectivity index (χ2n) is 6.57. The summed E-state index contributed by atoms with van der Waals surface area (Å²) in [6.07, 6.45) is -5.74. The predicted molar refractivity (Wildman–Crippen MR) is 106 cm³/mol. The van der Waals surface area contributed by atoms with Gasteiger partial charge >= 0.3 is 6.18 Å². The van der Waals surface area contributed by atoms with E-state index in [9.17, 15) is 23.1 Å². The van der Waals surface area contributed by atoms with E-state index in [0.29, 0.717) is 5.56 Å². The number of halogens is 4. The second kappa shape index (κ2) is 10.5. The molecule has 0 spiro atoms. The molecule has 2 atom stereocenters. The minimum atomic E-state index is -4.56. The number of amides is 1. The molecule has 0 aromatic heterocycles. The van der Waals surface area contributed by atoms with E-state index >= 15 is 0 Å². The number of carbonyl (C=O) groups is 1. The monoisotopic (exact) mass is 432 g/mol. The smallest absolute Gasteiger partial charge is 0.419 e. The van der Waals surface area contributed by atoms with Gasteiger partial charge in [0.05, 0.1) is 5.56 Å². The number of carbonyl (C=O) groups excluding carboxylic acids is 1. The fourth-order valence-corrected chi connectivity index (χ4v) is 2.63. The Kier molecular flexibility index (Phi) is 8.94. The summed E-state index contributed by atoms with van der Waals surface area (Å²) in [5.41, 5.74) is 6.71. The number of aryl methyl sites for hydroxylation is 1. The molecule has 2 aromatic rings. The number of nitrogens with two attached hydrogens (primary N) is 1. The average Bonchev–Trinajstić information content (AvgIpc) is 2.65. The van der Waals surface area contributed by atoms with E-state index in [1.165, 1.54) is 30.1 Å². The van der Waals surface area contributed by atoms with Gasteiger partial charge in [-0.15, -0.1) is 12.4 Å². The number of likely N-dealkylation sites (N-methyl/N-ethyl adjacent to an activating group) is 1. The van der Waals surface area contributed by atoms with Crippen molar-refractivity contribution < 1.29 is 27.8 Å². The van der Waals surface area contributed by atoms with E-state index in [1.54, 1.807) is 12.1 Å². The number of rotatable bonds is 7. The molecule has 0 saturated heterocycles. The van der Waals surface area contributed by atoms with Gasteiger partial charge in [0.25, 0.3) is 0 Å². The standard InChI is InChI=1S/C20H23F3N2O3.ClH/c1-13-7-9-14(10-8-13)18(24)19(27)25(2)11-15(26)12-28-17-6-4-3-5-16(17)20(21,22)23;/h3-10,15,18,26H,11-12,24H2,1-2H3;1H. The van der Waals surface area contributed by atoms with Crippen molar-refractivity contribution in [2.75, 3.05) is 20.2 Å². The van der Waals surface area contributed by atoms with Crippen LogP contribution in [0.15, 0.2) is 48.5 Å². The first-order valence-corrected chi connectivity index (χ1v) is 8.64. The highest BCUT2D eigenvalue weighted by molar-refractivity contribution is 5.85. The van der Waals surface area contributed by atoms with Crippen LogP contribution in [0.25, 0.3) is 0 Å². The molecule has 9 heteroatoms. The minimum Gasteiger partial charge on any atom is -0.490 e. The van der Waals surface area contributed by atoms with Gasteiger partial charge in [0.1, 0.15) is 24.5 Å². The molecule has 2 rings (SSSR count). The SMILES string of the molecule is Cc1ccc(C(N)C(=O)N(C)CC(O)COc2ccccc2C(F)(F)F)cc1.Cl. The molecular formula is C20H24ClF3N2O3. The van der Waals surface area contributed by atoms with Crippen LogP contribution in [0, 0.1) is 6.92 Å². The summed E-state index contributed by atoms with van der Waals surface area (Å²) in [6.45, 7) is 1.38. The maximum absolute atomic E-state index is 13.0. The van der Waals surface area contributed by atoms with Crippen LogP contribution in [-0.4, -0.2) is 42.2 Å². The Hall–Kier alpha value is -2.29. The molecule has 29 heavy (non-hydrogen) atoms.